The third-order valence-electron chi connectivity index (χ3n) is 2.66. The van der Waals surface area contributed by atoms with Gasteiger partial charge in [0.2, 0.25) is 0 Å². The van der Waals surface area contributed by atoms with Gasteiger partial charge in [0.15, 0.2) is 21.2 Å². The van der Waals surface area contributed by atoms with Crippen LogP contribution in [0.2, 0.25) is 0 Å². The van der Waals surface area contributed by atoms with Crippen LogP contribution < -0.4 is 0 Å². The van der Waals surface area contributed by atoms with Gasteiger partial charge in [-0.3, -0.25) is 3.07 Å². The highest BCUT2D eigenvalue weighted by atomic mass is 127. The molecule has 4 heteroatoms. The van der Waals surface area contributed by atoms with Crippen LogP contribution in [0.25, 0.3) is 10.8 Å². The van der Waals surface area contributed by atoms with Crippen molar-refractivity contribution >= 4 is 37.9 Å². The van der Waals surface area contributed by atoms with Gasteiger partial charge in [0.25, 0.3) is 0 Å². The van der Waals surface area contributed by atoms with Crippen LogP contribution in [0.3, 0.4) is 0 Å². The zero-order chi connectivity index (χ0) is 13.1. The molecule has 0 amide bonds. The van der Waals surface area contributed by atoms with Gasteiger partial charge in [-0.15, -0.1) is 12.3 Å². The molecule has 0 radical (unpaired) electrons. The predicted molar refractivity (Wildman–Crippen MR) is 76.8 cm³/mol. The second kappa shape index (κ2) is 5.27. The van der Waals surface area contributed by atoms with E-state index in [0.717, 1.165) is 16.3 Å². The molecule has 0 aromatic heterocycles. The van der Waals surface area contributed by atoms with Crippen LogP contribution in [0.5, 0.6) is 0 Å². The van der Waals surface area contributed by atoms with Gasteiger partial charge in [-0.05, 0) is 28.5 Å². The fraction of sp³-hybridized carbons (Fsp3) is 0.0714. The third kappa shape index (κ3) is 2.27. The van der Waals surface area contributed by atoms with Gasteiger partial charge < -0.3 is 5.11 Å². The lowest BCUT2D eigenvalue weighted by molar-refractivity contribution is 0.0696. The van der Waals surface area contributed by atoms with Gasteiger partial charge in [-0.25, -0.2) is 4.79 Å². The summed E-state index contributed by atoms with van der Waals surface area (Å²) < 4.78 is 11.6. The zero-order valence-electron chi connectivity index (χ0n) is 9.31. The maximum Gasteiger partial charge on any atom is 0.336 e. The Kier molecular flexibility index (Phi) is 3.72. The maximum atomic E-state index is 11.2. The van der Waals surface area contributed by atoms with Crippen LogP contribution in [0.15, 0.2) is 30.3 Å². The van der Waals surface area contributed by atoms with Gasteiger partial charge in [-0.2, -0.15) is 0 Å². The smallest absolute Gasteiger partial charge is 0.336 e. The number of carboxylic acids is 1. The van der Waals surface area contributed by atoms with Crippen molar-refractivity contribution in [3.05, 3.63) is 45.0 Å². The Bertz CT molecular complexity index is 683. The van der Waals surface area contributed by atoms with E-state index in [4.69, 9.17) is 11.5 Å². The summed E-state index contributed by atoms with van der Waals surface area (Å²) in [5.41, 5.74) is 1.06. The first-order valence-electron chi connectivity index (χ1n) is 5.17. The Morgan fingerprint density at radius 3 is 2.78 bits per heavy atom. The molecule has 18 heavy (non-hydrogen) atoms. The molecule has 3 nitrogen and oxygen atoms in total. The van der Waals surface area contributed by atoms with E-state index in [1.54, 1.807) is 12.1 Å². The average molecular weight is 352 g/mol. The maximum absolute atomic E-state index is 11.2. The Morgan fingerprint density at radius 1 is 1.39 bits per heavy atom. The minimum absolute atomic E-state index is 0.114. The molecule has 90 valence electrons. The number of carbonyl (C=O) groups is 1. The monoisotopic (exact) mass is 352 g/mol. The Labute approximate surface area is 114 Å². The second-order valence-electron chi connectivity index (χ2n) is 3.73. The Morgan fingerprint density at radius 2 is 2.17 bits per heavy atom. The normalized spacial score (nSPS) is 10.2. The van der Waals surface area contributed by atoms with E-state index in [1.165, 1.54) is 0 Å². The molecule has 0 saturated heterocycles. The molecule has 2 rings (SSSR count). The molecule has 0 bridgehead atoms. The Balaban J connectivity index is 2.79. The average Bonchev–Trinajstić information content (AvgIpc) is 2.38. The highest BCUT2D eigenvalue weighted by Gasteiger charge is 2.13. The highest BCUT2D eigenvalue weighted by molar-refractivity contribution is 14.1. The SMILES string of the molecule is C#CCc1cccc2cc(C(=O)O)c(I=O)cc12. The first-order valence-corrected chi connectivity index (χ1v) is 7.13. The molecule has 1 N–H and O–H groups in total. The molecule has 0 aliphatic carbocycles. The summed E-state index contributed by atoms with van der Waals surface area (Å²) in [6.07, 6.45) is 5.77. The van der Waals surface area contributed by atoms with E-state index in [9.17, 15) is 7.86 Å². The van der Waals surface area contributed by atoms with Crippen LogP contribution >= 0.6 is 21.2 Å². The summed E-state index contributed by atoms with van der Waals surface area (Å²) in [7, 11) is 0. The second-order valence-corrected chi connectivity index (χ2v) is 5.34. The van der Waals surface area contributed by atoms with Gasteiger partial charge >= 0.3 is 5.97 Å². The zero-order valence-corrected chi connectivity index (χ0v) is 11.5. The van der Waals surface area contributed by atoms with Crippen molar-refractivity contribution in [2.75, 3.05) is 0 Å². The lowest BCUT2D eigenvalue weighted by atomic mass is 10.0. The summed E-state index contributed by atoms with van der Waals surface area (Å²) in [4.78, 5) is 11.1. The Hall–Kier alpha value is -1.74. The topological polar surface area (TPSA) is 54.4 Å². The molecule has 0 atom stereocenters. The van der Waals surface area contributed by atoms with E-state index in [2.05, 4.69) is 5.92 Å². The highest BCUT2D eigenvalue weighted by Crippen LogP contribution is 2.26. The molecule has 0 spiro atoms. The van der Waals surface area contributed by atoms with Crippen LogP contribution in [0.4, 0.5) is 0 Å². The van der Waals surface area contributed by atoms with E-state index < -0.39 is 27.2 Å². The molecule has 0 unspecified atom stereocenters. The van der Waals surface area contributed by atoms with Crippen LogP contribution in [0, 0.1) is 15.9 Å². The van der Waals surface area contributed by atoms with Crippen LogP contribution in [0.1, 0.15) is 15.9 Å². The minimum atomic E-state index is -1.53. The molecule has 0 fully saturated rings. The van der Waals surface area contributed by atoms with E-state index in [1.807, 2.05) is 18.2 Å². The van der Waals surface area contributed by atoms with Crippen molar-refractivity contribution in [2.45, 2.75) is 6.42 Å². The largest absolute Gasteiger partial charge is 0.478 e. The van der Waals surface area contributed by atoms with Crippen molar-refractivity contribution in [1.29, 1.82) is 0 Å². The summed E-state index contributed by atoms with van der Waals surface area (Å²) >= 11 is -1.53. The number of carboxylic acid groups (broad SMARTS) is 1. The summed E-state index contributed by atoms with van der Waals surface area (Å²) in [5, 5.41) is 10.8. The van der Waals surface area contributed by atoms with Gasteiger partial charge in [-0.1, -0.05) is 18.2 Å². The summed E-state index contributed by atoms with van der Waals surface area (Å²) in [6.45, 7) is 0. The van der Waals surface area contributed by atoms with Crippen molar-refractivity contribution in [3.8, 4) is 12.3 Å². The fourth-order valence-corrected chi connectivity index (χ4v) is 2.92. The first-order chi connectivity index (χ1) is 8.67. The molecule has 0 heterocycles. The van der Waals surface area contributed by atoms with Crippen LogP contribution in [-0.4, -0.2) is 11.1 Å². The summed E-state index contributed by atoms with van der Waals surface area (Å²) in [5.74, 6) is 1.51. The lowest BCUT2D eigenvalue weighted by Crippen LogP contribution is -2.00. The number of fused-ring (bicyclic) bond motifs is 1. The van der Waals surface area contributed by atoms with E-state index in [0.29, 0.717) is 9.99 Å². The first kappa shape index (κ1) is 12.7. The van der Waals surface area contributed by atoms with E-state index in [-0.39, 0.29) is 5.56 Å². The van der Waals surface area contributed by atoms with Gasteiger partial charge in [0.05, 0.1) is 9.13 Å². The van der Waals surface area contributed by atoms with Crippen molar-refractivity contribution < 1.29 is 13.0 Å². The molecule has 2 aromatic carbocycles. The number of aromatic carboxylic acids is 1. The molecular weight excluding hydrogens is 343 g/mol. The third-order valence-corrected chi connectivity index (χ3v) is 4.03. The number of benzene rings is 2. The number of halogens is 1. The summed E-state index contributed by atoms with van der Waals surface area (Å²) in [6, 6.07) is 8.81. The van der Waals surface area contributed by atoms with Crippen molar-refractivity contribution in [2.24, 2.45) is 0 Å². The number of rotatable bonds is 3. The van der Waals surface area contributed by atoms with Gasteiger partial charge in [0, 0.05) is 6.42 Å². The van der Waals surface area contributed by atoms with E-state index >= 15 is 0 Å². The molecule has 2 aromatic rings. The molecule has 0 aliphatic rings. The quantitative estimate of drug-likeness (QED) is 0.682. The standard InChI is InChI=1S/C14H9IO3/c1-2-4-9-5-3-6-10-7-12(14(16)17)13(15-18)8-11(9)10/h1,3,5-8H,4H2,(H,16,17). The van der Waals surface area contributed by atoms with Crippen molar-refractivity contribution in [1.82, 2.24) is 0 Å². The number of hydrogen-bond acceptors (Lipinski definition) is 2. The van der Waals surface area contributed by atoms with Crippen molar-refractivity contribution in [3.63, 3.8) is 0 Å². The minimum Gasteiger partial charge on any atom is -0.478 e. The number of terminal acetylenes is 1. The molecule has 0 aliphatic heterocycles. The number of hydrogen-bond donors (Lipinski definition) is 1. The molecule has 0 saturated carbocycles. The fourth-order valence-electron chi connectivity index (χ4n) is 1.86. The lowest BCUT2D eigenvalue weighted by Gasteiger charge is -2.06. The molecular formula is C14H9IO3. The van der Waals surface area contributed by atoms with Crippen LogP contribution in [-0.2, 0) is 9.49 Å². The van der Waals surface area contributed by atoms with Gasteiger partial charge in [0.1, 0.15) is 0 Å². The predicted octanol–water partition coefficient (Wildman–Crippen LogP) is 3.20.